The van der Waals surface area contributed by atoms with E-state index in [0.29, 0.717) is 17.2 Å². The molecule has 2 aromatic rings. The maximum Gasteiger partial charge on any atom is 0.261 e. The second-order valence-electron chi connectivity index (χ2n) is 6.35. The lowest BCUT2D eigenvalue weighted by Gasteiger charge is -2.13. The topological polar surface area (TPSA) is 93.7 Å². The molecule has 0 spiro atoms. The van der Waals surface area contributed by atoms with E-state index in [-0.39, 0.29) is 23.5 Å². The normalized spacial score (nSPS) is 12.1. The van der Waals surface area contributed by atoms with Crippen LogP contribution in [0.15, 0.2) is 53.4 Å². The van der Waals surface area contributed by atoms with Gasteiger partial charge in [0.1, 0.15) is 11.5 Å². The summed E-state index contributed by atoms with van der Waals surface area (Å²) in [6.07, 6.45) is 1.89. The maximum absolute atomic E-state index is 12.5. The van der Waals surface area contributed by atoms with Crippen molar-refractivity contribution in [2.24, 2.45) is 0 Å². The summed E-state index contributed by atoms with van der Waals surface area (Å²) in [6, 6.07) is 12.6. The van der Waals surface area contributed by atoms with Crippen LogP contribution in [-0.4, -0.2) is 34.1 Å². The van der Waals surface area contributed by atoms with Gasteiger partial charge in [-0.2, -0.15) is 0 Å². The fourth-order valence-corrected chi connectivity index (χ4v) is 3.62. The Morgan fingerprint density at radius 1 is 1.04 bits per heavy atom. The number of methoxy groups -OCH3 is 1. The Hall–Kier alpha value is -2.74. The minimum Gasteiger partial charge on any atom is -0.497 e. The zero-order valence-corrected chi connectivity index (χ0v) is 17.1. The molecule has 0 bridgehead atoms. The molecule has 0 saturated carbocycles. The van der Waals surface area contributed by atoms with Crippen LogP contribution in [0.3, 0.4) is 0 Å². The van der Waals surface area contributed by atoms with E-state index < -0.39 is 10.0 Å². The van der Waals surface area contributed by atoms with Crippen LogP contribution in [0.5, 0.6) is 11.5 Å². The molecule has 2 aromatic carbocycles. The van der Waals surface area contributed by atoms with E-state index in [0.717, 1.165) is 12.8 Å². The van der Waals surface area contributed by atoms with Crippen molar-refractivity contribution in [1.29, 1.82) is 0 Å². The summed E-state index contributed by atoms with van der Waals surface area (Å²) in [7, 11) is -2.19. The third kappa shape index (κ3) is 6.45. The first-order chi connectivity index (χ1) is 13.3. The Kier molecular flexibility index (Phi) is 7.69. The van der Waals surface area contributed by atoms with E-state index in [2.05, 4.69) is 17.0 Å². The molecule has 8 heteroatoms. The van der Waals surface area contributed by atoms with Crippen LogP contribution in [0.4, 0.5) is 5.69 Å². The van der Waals surface area contributed by atoms with Crippen molar-refractivity contribution in [3.05, 3.63) is 48.5 Å². The largest absolute Gasteiger partial charge is 0.497 e. The van der Waals surface area contributed by atoms with Gasteiger partial charge in [0.15, 0.2) is 6.61 Å². The van der Waals surface area contributed by atoms with E-state index >= 15 is 0 Å². The first-order valence-electron chi connectivity index (χ1n) is 9.03. The number of sulfonamides is 1. The molecule has 0 aromatic heterocycles. The van der Waals surface area contributed by atoms with E-state index in [9.17, 15) is 13.2 Å². The molecule has 152 valence electrons. The summed E-state index contributed by atoms with van der Waals surface area (Å²) >= 11 is 0. The van der Waals surface area contributed by atoms with Gasteiger partial charge in [0.05, 0.1) is 12.0 Å². The zero-order chi connectivity index (χ0) is 20.6. The van der Waals surface area contributed by atoms with Crippen LogP contribution in [0.1, 0.15) is 26.7 Å². The summed E-state index contributed by atoms with van der Waals surface area (Å²) < 4.78 is 37.9. The first kappa shape index (κ1) is 21.6. The third-order valence-electron chi connectivity index (χ3n) is 3.98. The summed E-state index contributed by atoms with van der Waals surface area (Å²) in [6.45, 7) is 3.87. The molecule has 0 aliphatic carbocycles. The van der Waals surface area contributed by atoms with Crippen LogP contribution in [0.2, 0.25) is 0 Å². The summed E-state index contributed by atoms with van der Waals surface area (Å²) in [5, 5.41) is 2.84. The fourth-order valence-electron chi connectivity index (χ4n) is 2.56. The molecule has 1 amide bonds. The molecule has 0 radical (unpaired) electrons. The fraction of sp³-hybridized carbons (Fsp3) is 0.350. The molecule has 0 fully saturated rings. The molecule has 0 aliphatic heterocycles. The van der Waals surface area contributed by atoms with Crippen molar-refractivity contribution < 1.29 is 22.7 Å². The average Bonchev–Trinajstić information content (AvgIpc) is 2.67. The van der Waals surface area contributed by atoms with Crippen LogP contribution < -0.4 is 19.5 Å². The standard InChI is InChI=1S/C20H26N2O5S/c1-4-5-15(2)21-20(23)14-27-18-10-12-19(13-11-18)28(24,25)22-16-6-8-17(26-3)9-7-16/h6-13,15,22H,4-5,14H2,1-3H3,(H,21,23)/t15-/m0/s1. The molecular weight excluding hydrogens is 380 g/mol. The number of carbonyl (C=O) groups is 1. The predicted molar refractivity (Wildman–Crippen MR) is 108 cm³/mol. The van der Waals surface area contributed by atoms with Crippen molar-refractivity contribution in [2.75, 3.05) is 18.4 Å². The molecule has 0 saturated heterocycles. The second kappa shape index (κ2) is 9.98. The Morgan fingerprint density at radius 2 is 1.64 bits per heavy atom. The molecular formula is C20H26N2O5S. The molecule has 0 aliphatic rings. The third-order valence-corrected chi connectivity index (χ3v) is 5.37. The highest BCUT2D eigenvalue weighted by Gasteiger charge is 2.14. The van der Waals surface area contributed by atoms with E-state index in [1.807, 2.05) is 6.92 Å². The van der Waals surface area contributed by atoms with Gasteiger partial charge in [0.25, 0.3) is 15.9 Å². The molecule has 28 heavy (non-hydrogen) atoms. The van der Waals surface area contributed by atoms with Gasteiger partial charge < -0.3 is 14.8 Å². The van der Waals surface area contributed by atoms with Gasteiger partial charge in [-0.25, -0.2) is 8.42 Å². The Labute approximate surface area is 166 Å². The number of carbonyl (C=O) groups excluding carboxylic acids is 1. The van der Waals surface area contributed by atoms with Crippen LogP contribution in [0.25, 0.3) is 0 Å². The van der Waals surface area contributed by atoms with E-state index in [4.69, 9.17) is 9.47 Å². The van der Waals surface area contributed by atoms with Gasteiger partial charge in [0, 0.05) is 11.7 Å². The number of rotatable bonds is 10. The van der Waals surface area contributed by atoms with Crippen molar-refractivity contribution in [1.82, 2.24) is 5.32 Å². The van der Waals surface area contributed by atoms with Crippen molar-refractivity contribution >= 4 is 21.6 Å². The van der Waals surface area contributed by atoms with Gasteiger partial charge in [-0.15, -0.1) is 0 Å². The molecule has 7 nitrogen and oxygen atoms in total. The van der Waals surface area contributed by atoms with Crippen molar-refractivity contribution in [3.63, 3.8) is 0 Å². The molecule has 0 heterocycles. The Bertz CT molecular complexity index is 864. The summed E-state index contributed by atoms with van der Waals surface area (Å²) in [4.78, 5) is 11.9. The lowest BCUT2D eigenvalue weighted by atomic mass is 10.2. The minimum absolute atomic E-state index is 0.0942. The second-order valence-corrected chi connectivity index (χ2v) is 8.03. The highest BCUT2D eigenvalue weighted by Crippen LogP contribution is 2.21. The van der Waals surface area contributed by atoms with Crippen molar-refractivity contribution in [3.8, 4) is 11.5 Å². The molecule has 2 N–H and O–H groups in total. The number of hydrogen-bond donors (Lipinski definition) is 2. The van der Waals surface area contributed by atoms with E-state index in [1.165, 1.54) is 31.4 Å². The van der Waals surface area contributed by atoms with Crippen LogP contribution in [-0.2, 0) is 14.8 Å². The predicted octanol–water partition coefficient (Wildman–Crippen LogP) is 3.18. The van der Waals surface area contributed by atoms with Gasteiger partial charge in [-0.1, -0.05) is 13.3 Å². The highest BCUT2D eigenvalue weighted by atomic mass is 32.2. The lowest BCUT2D eigenvalue weighted by molar-refractivity contribution is -0.123. The number of benzene rings is 2. The van der Waals surface area contributed by atoms with Gasteiger partial charge in [-0.3, -0.25) is 9.52 Å². The molecule has 1 atom stereocenters. The molecule has 2 rings (SSSR count). The summed E-state index contributed by atoms with van der Waals surface area (Å²) in [5.41, 5.74) is 0.430. The number of ether oxygens (including phenoxy) is 2. The van der Waals surface area contributed by atoms with Crippen LogP contribution in [0, 0.1) is 0 Å². The number of nitrogens with one attached hydrogen (secondary N) is 2. The maximum atomic E-state index is 12.5. The van der Waals surface area contributed by atoms with Crippen LogP contribution >= 0.6 is 0 Å². The number of hydrogen-bond acceptors (Lipinski definition) is 5. The quantitative estimate of drug-likeness (QED) is 0.632. The zero-order valence-electron chi connectivity index (χ0n) is 16.3. The van der Waals surface area contributed by atoms with Gasteiger partial charge in [0.2, 0.25) is 0 Å². The minimum atomic E-state index is -3.73. The number of amides is 1. The van der Waals surface area contributed by atoms with E-state index in [1.54, 1.807) is 24.3 Å². The highest BCUT2D eigenvalue weighted by molar-refractivity contribution is 7.92. The van der Waals surface area contributed by atoms with Crippen molar-refractivity contribution in [2.45, 2.75) is 37.6 Å². The van der Waals surface area contributed by atoms with Gasteiger partial charge in [-0.05, 0) is 61.9 Å². The SMILES string of the molecule is CCC[C@H](C)NC(=O)COc1ccc(S(=O)(=O)Nc2ccc(OC)cc2)cc1. The Morgan fingerprint density at radius 3 is 2.21 bits per heavy atom. The molecule has 0 unspecified atom stereocenters. The first-order valence-corrected chi connectivity index (χ1v) is 10.5. The number of anilines is 1. The Balaban J connectivity index is 1.94. The summed E-state index contributed by atoms with van der Waals surface area (Å²) in [5.74, 6) is 0.845. The smallest absolute Gasteiger partial charge is 0.261 e. The lowest BCUT2D eigenvalue weighted by Crippen LogP contribution is -2.35. The average molecular weight is 407 g/mol. The van der Waals surface area contributed by atoms with Gasteiger partial charge >= 0.3 is 0 Å². The monoisotopic (exact) mass is 406 g/mol.